The standard InChI is InChI=1S/C19H15N3O3/c1-14-7-2-4-11-17(14)21-19(23)16(13-20)10-6-9-15-8-3-5-12-18(15)22(24)25/h2-12H,1H3,(H,21,23). The van der Waals surface area contributed by atoms with E-state index in [-0.39, 0.29) is 11.3 Å². The Hall–Kier alpha value is -3.72. The van der Waals surface area contributed by atoms with Crippen molar-refractivity contribution in [2.24, 2.45) is 0 Å². The number of allylic oxidation sites excluding steroid dienone is 2. The van der Waals surface area contributed by atoms with E-state index >= 15 is 0 Å². The van der Waals surface area contributed by atoms with Gasteiger partial charge in [-0.3, -0.25) is 14.9 Å². The van der Waals surface area contributed by atoms with Gasteiger partial charge >= 0.3 is 0 Å². The van der Waals surface area contributed by atoms with Crippen molar-refractivity contribution in [2.75, 3.05) is 5.32 Å². The molecule has 0 spiro atoms. The summed E-state index contributed by atoms with van der Waals surface area (Å²) in [7, 11) is 0. The molecule has 0 atom stereocenters. The molecule has 6 heteroatoms. The van der Waals surface area contributed by atoms with Crippen molar-refractivity contribution in [1.29, 1.82) is 5.26 Å². The van der Waals surface area contributed by atoms with Crippen LogP contribution in [0.1, 0.15) is 11.1 Å². The van der Waals surface area contributed by atoms with E-state index in [4.69, 9.17) is 5.26 Å². The smallest absolute Gasteiger partial charge is 0.276 e. The number of nitro groups is 1. The summed E-state index contributed by atoms with van der Waals surface area (Å²) in [6, 6.07) is 15.3. The summed E-state index contributed by atoms with van der Waals surface area (Å²) in [5.74, 6) is -0.538. The molecule has 0 aliphatic carbocycles. The van der Waals surface area contributed by atoms with Gasteiger partial charge in [0, 0.05) is 11.8 Å². The van der Waals surface area contributed by atoms with Crippen LogP contribution in [0.15, 0.2) is 66.3 Å². The number of benzene rings is 2. The maximum atomic E-state index is 12.2. The number of aryl methyl sites for hydroxylation is 1. The molecule has 0 aliphatic rings. The van der Waals surface area contributed by atoms with Gasteiger partial charge in [0.05, 0.1) is 10.5 Å². The summed E-state index contributed by atoms with van der Waals surface area (Å²) < 4.78 is 0. The predicted octanol–water partition coefficient (Wildman–Crippen LogP) is 4.01. The lowest BCUT2D eigenvalue weighted by Crippen LogP contribution is -2.14. The zero-order valence-corrected chi connectivity index (χ0v) is 13.5. The Labute approximate surface area is 144 Å². The van der Waals surface area contributed by atoms with Crippen LogP contribution in [-0.2, 0) is 4.79 Å². The van der Waals surface area contributed by atoms with Crippen LogP contribution in [0, 0.1) is 28.4 Å². The number of nitro benzene ring substituents is 1. The molecular weight excluding hydrogens is 318 g/mol. The molecule has 6 nitrogen and oxygen atoms in total. The fourth-order valence-corrected chi connectivity index (χ4v) is 2.11. The van der Waals surface area contributed by atoms with Gasteiger partial charge in [0.2, 0.25) is 0 Å². The summed E-state index contributed by atoms with van der Waals surface area (Å²) in [5.41, 5.74) is 1.74. The minimum absolute atomic E-state index is 0.0463. The Morgan fingerprint density at radius 1 is 1.20 bits per heavy atom. The van der Waals surface area contributed by atoms with Crippen LogP contribution in [-0.4, -0.2) is 10.8 Å². The molecule has 25 heavy (non-hydrogen) atoms. The number of hydrogen-bond donors (Lipinski definition) is 1. The number of nitrogens with zero attached hydrogens (tertiary/aromatic N) is 2. The average Bonchev–Trinajstić information content (AvgIpc) is 2.61. The molecule has 2 aromatic carbocycles. The number of hydrogen-bond acceptors (Lipinski definition) is 4. The SMILES string of the molecule is Cc1ccccc1NC(=O)C(C#N)=CC=Cc1ccccc1[N+](=O)[O-]. The van der Waals surface area contributed by atoms with Crippen LogP contribution < -0.4 is 5.32 Å². The van der Waals surface area contributed by atoms with Crippen molar-refractivity contribution < 1.29 is 9.72 Å². The number of carbonyl (C=O) groups is 1. The van der Waals surface area contributed by atoms with Crippen molar-refractivity contribution >= 4 is 23.4 Å². The van der Waals surface area contributed by atoms with Crippen molar-refractivity contribution in [1.82, 2.24) is 0 Å². The fourth-order valence-electron chi connectivity index (χ4n) is 2.11. The minimum Gasteiger partial charge on any atom is -0.321 e. The Kier molecular flexibility index (Phi) is 5.80. The summed E-state index contributed by atoms with van der Waals surface area (Å²) in [4.78, 5) is 22.6. The molecule has 0 bridgehead atoms. The van der Waals surface area contributed by atoms with E-state index < -0.39 is 10.8 Å². The van der Waals surface area contributed by atoms with Crippen LogP contribution in [0.2, 0.25) is 0 Å². The molecule has 1 amide bonds. The number of nitriles is 1. The second-order valence-electron chi connectivity index (χ2n) is 5.14. The number of anilines is 1. The van der Waals surface area contributed by atoms with Gasteiger partial charge in [-0.25, -0.2) is 0 Å². The number of carbonyl (C=O) groups excluding carboxylic acids is 1. The molecule has 0 saturated heterocycles. The quantitative estimate of drug-likeness (QED) is 0.294. The van der Waals surface area contributed by atoms with Gasteiger partial charge in [-0.15, -0.1) is 0 Å². The third-order valence-corrected chi connectivity index (χ3v) is 3.43. The first-order valence-corrected chi connectivity index (χ1v) is 7.42. The Bertz CT molecular complexity index is 908. The van der Waals surface area contributed by atoms with E-state index in [1.807, 2.05) is 25.1 Å². The number of rotatable bonds is 5. The number of para-hydroxylation sites is 2. The van der Waals surface area contributed by atoms with Gasteiger partial charge in [-0.2, -0.15) is 5.26 Å². The second kappa shape index (κ2) is 8.22. The van der Waals surface area contributed by atoms with Gasteiger partial charge in [-0.1, -0.05) is 36.4 Å². The van der Waals surface area contributed by atoms with Gasteiger partial charge in [0.1, 0.15) is 11.6 Å². The third kappa shape index (κ3) is 4.62. The van der Waals surface area contributed by atoms with Gasteiger partial charge in [0.25, 0.3) is 11.6 Å². The summed E-state index contributed by atoms with van der Waals surface area (Å²) in [6.45, 7) is 1.85. The first-order chi connectivity index (χ1) is 12.0. The van der Waals surface area contributed by atoms with E-state index in [1.54, 1.807) is 30.3 Å². The highest BCUT2D eigenvalue weighted by Gasteiger charge is 2.11. The highest BCUT2D eigenvalue weighted by Crippen LogP contribution is 2.19. The van der Waals surface area contributed by atoms with Crippen molar-refractivity contribution in [3.8, 4) is 6.07 Å². The molecule has 1 N–H and O–H groups in total. The second-order valence-corrected chi connectivity index (χ2v) is 5.14. The zero-order chi connectivity index (χ0) is 18.2. The fraction of sp³-hybridized carbons (Fsp3) is 0.0526. The first kappa shape index (κ1) is 17.6. The maximum Gasteiger partial charge on any atom is 0.276 e. The molecule has 0 aromatic heterocycles. The van der Waals surface area contributed by atoms with Crippen LogP contribution >= 0.6 is 0 Å². The molecule has 2 aromatic rings. The number of amides is 1. The topological polar surface area (TPSA) is 96.0 Å². The first-order valence-electron chi connectivity index (χ1n) is 7.42. The molecule has 0 unspecified atom stereocenters. The zero-order valence-electron chi connectivity index (χ0n) is 13.5. The highest BCUT2D eigenvalue weighted by atomic mass is 16.6. The average molecular weight is 333 g/mol. The lowest BCUT2D eigenvalue weighted by molar-refractivity contribution is -0.385. The summed E-state index contributed by atoms with van der Waals surface area (Å²) in [5, 5.41) is 22.8. The molecule has 2 rings (SSSR count). The molecule has 0 saturated carbocycles. The van der Waals surface area contributed by atoms with Crippen LogP contribution in [0.4, 0.5) is 11.4 Å². The molecule has 0 aliphatic heterocycles. The molecular formula is C19H15N3O3. The highest BCUT2D eigenvalue weighted by molar-refractivity contribution is 6.07. The summed E-state index contributed by atoms with van der Waals surface area (Å²) in [6.07, 6.45) is 4.25. The van der Waals surface area contributed by atoms with Crippen molar-refractivity contribution in [3.05, 3.63) is 87.5 Å². The predicted molar refractivity (Wildman–Crippen MR) is 95.6 cm³/mol. The third-order valence-electron chi connectivity index (χ3n) is 3.43. The lowest BCUT2D eigenvalue weighted by atomic mass is 10.1. The lowest BCUT2D eigenvalue weighted by Gasteiger charge is -2.06. The molecule has 0 radical (unpaired) electrons. The van der Waals surface area contributed by atoms with Crippen LogP contribution in [0.25, 0.3) is 6.08 Å². The van der Waals surface area contributed by atoms with Crippen LogP contribution in [0.5, 0.6) is 0 Å². The molecule has 0 heterocycles. The Morgan fingerprint density at radius 3 is 2.56 bits per heavy atom. The van der Waals surface area contributed by atoms with Gasteiger partial charge in [0.15, 0.2) is 0 Å². The van der Waals surface area contributed by atoms with E-state index in [9.17, 15) is 14.9 Å². The van der Waals surface area contributed by atoms with Crippen molar-refractivity contribution in [3.63, 3.8) is 0 Å². The van der Waals surface area contributed by atoms with E-state index in [0.717, 1.165) is 5.56 Å². The van der Waals surface area contributed by atoms with E-state index in [0.29, 0.717) is 11.3 Å². The Morgan fingerprint density at radius 2 is 1.88 bits per heavy atom. The Balaban J connectivity index is 2.18. The van der Waals surface area contributed by atoms with Crippen molar-refractivity contribution in [2.45, 2.75) is 6.92 Å². The van der Waals surface area contributed by atoms with E-state index in [2.05, 4.69) is 5.32 Å². The number of nitrogens with one attached hydrogen (secondary N) is 1. The normalized spacial score (nSPS) is 11.1. The summed E-state index contributed by atoms with van der Waals surface area (Å²) >= 11 is 0. The minimum atomic E-state index is -0.538. The largest absolute Gasteiger partial charge is 0.321 e. The molecule has 124 valence electrons. The van der Waals surface area contributed by atoms with E-state index in [1.165, 1.54) is 24.3 Å². The van der Waals surface area contributed by atoms with Crippen LogP contribution in [0.3, 0.4) is 0 Å². The van der Waals surface area contributed by atoms with Gasteiger partial charge < -0.3 is 5.32 Å². The maximum absolute atomic E-state index is 12.2. The van der Waals surface area contributed by atoms with Gasteiger partial charge in [-0.05, 0) is 36.8 Å². The molecule has 0 fully saturated rings. The monoisotopic (exact) mass is 333 g/mol.